The van der Waals surface area contributed by atoms with E-state index in [0.29, 0.717) is 0 Å². The lowest BCUT2D eigenvalue weighted by Crippen LogP contribution is -2.46. The Labute approximate surface area is 225 Å². The van der Waals surface area contributed by atoms with Crippen LogP contribution >= 0.6 is 0 Å². The van der Waals surface area contributed by atoms with Gasteiger partial charge in [-0.15, -0.1) is 0 Å². The molecule has 5 aromatic carbocycles. The maximum Gasteiger partial charge on any atom is 0.123 e. The van der Waals surface area contributed by atoms with Crippen molar-refractivity contribution in [2.24, 2.45) is 0 Å². The van der Waals surface area contributed by atoms with Crippen molar-refractivity contribution in [2.45, 2.75) is 30.5 Å². The molecule has 4 atom stereocenters. The third-order valence-corrected chi connectivity index (χ3v) is 8.52. The molecule has 0 fully saturated rings. The summed E-state index contributed by atoms with van der Waals surface area (Å²) in [6.07, 6.45) is 0. The molecule has 0 saturated carbocycles. The normalized spacial score (nSPS) is 22.1. The number of benzene rings is 5. The molecule has 5 aromatic rings. The molecule has 0 radical (unpaired) electrons. The molecule has 0 unspecified atom stereocenters. The molecule has 2 aliphatic rings. The van der Waals surface area contributed by atoms with Gasteiger partial charge in [-0.25, -0.2) is 0 Å². The molecule has 38 heavy (non-hydrogen) atoms. The number of rotatable bonds is 4. The average molecular weight is 494 g/mol. The van der Waals surface area contributed by atoms with Crippen LogP contribution in [0.5, 0.6) is 5.75 Å². The van der Waals surface area contributed by atoms with Gasteiger partial charge >= 0.3 is 0 Å². The Hall–Kier alpha value is -4.14. The highest BCUT2D eigenvalue weighted by molar-refractivity contribution is 5.54. The summed E-state index contributed by atoms with van der Waals surface area (Å²) in [7, 11) is 1.80. The van der Waals surface area contributed by atoms with E-state index in [2.05, 4.69) is 138 Å². The van der Waals surface area contributed by atoms with Crippen LogP contribution in [0.4, 0.5) is 0 Å². The van der Waals surface area contributed by atoms with Gasteiger partial charge in [-0.2, -0.15) is 0 Å². The van der Waals surface area contributed by atoms with Gasteiger partial charge in [0.2, 0.25) is 0 Å². The van der Waals surface area contributed by atoms with Crippen molar-refractivity contribution in [2.75, 3.05) is 7.11 Å². The van der Waals surface area contributed by atoms with Gasteiger partial charge in [0.05, 0.1) is 7.11 Å². The quantitative estimate of drug-likeness (QED) is 0.250. The molecule has 186 valence electrons. The molecular weight excluding hydrogens is 462 g/mol. The first-order chi connectivity index (χ1) is 18.8. The van der Waals surface area contributed by atoms with Crippen LogP contribution in [0.1, 0.15) is 62.9 Å². The van der Waals surface area contributed by atoms with E-state index < -0.39 is 0 Å². The molecule has 0 amide bonds. The minimum Gasteiger partial charge on any atom is -0.496 e. The standard InChI is InChI=1S/C36H31NO/c1-38-32-23-13-22-29-31(32)24-37-35(27-18-9-4-10-19-27)33(25-14-5-2-6-15-25)28-20-11-12-21-30(28)36(37)34(29)26-16-7-3-8-17-26/h2-23,33-36H,24H2,1H3/t33-,34-,35-,36-/m0/s1. The van der Waals surface area contributed by atoms with Crippen LogP contribution in [0.15, 0.2) is 133 Å². The average Bonchev–Trinajstić information content (AvgIpc) is 3.00. The minimum atomic E-state index is 0.183. The van der Waals surface area contributed by atoms with Crippen molar-refractivity contribution >= 4 is 0 Å². The Balaban J connectivity index is 1.54. The predicted octanol–water partition coefficient (Wildman–Crippen LogP) is 8.27. The van der Waals surface area contributed by atoms with Crippen LogP contribution in [-0.2, 0) is 6.54 Å². The van der Waals surface area contributed by atoms with Crippen LogP contribution < -0.4 is 4.74 Å². The molecule has 7 rings (SSSR count). The van der Waals surface area contributed by atoms with Gasteiger partial charge in [-0.1, -0.05) is 127 Å². The van der Waals surface area contributed by atoms with E-state index in [1.54, 1.807) is 7.11 Å². The second-order valence-electron chi connectivity index (χ2n) is 10.4. The number of fused-ring (bicyclic) bond motifs is 4. The van der Waals surface area contributed by atoms with Crippen molar-refractivity contribution in [1.82, 2.24) is 4.90 Å². The fourth-order valence-electron chi connectivity index (χ4n) is 7.01. The maximum atomic E-state index is 5.97. The largest absolute Gasteiger partial charge is 0.496 e. The Bertz CT molecular complexity index is 1550. The van der Waals surface area contributed by atoms with Crippen LogP contribution in [0, 0.1) is 0 Å². The van der Waals surface area contributed by atoms with Crippen molar-refractivity contribution in [3.05, 3.63) is 172 Å². The molecule has 2 nitrogen and oxygen atoms in total. The van der Waals surface area contributed by atoms with E-state index >= 15 is 0 Å². The summed E-state index contributed by atoms with van der Waals surface area (Å²) in [6.45, 7) is 0.838. The Morgan fingerprint density at radius 3 is 1.61 bits per heavy atom. The monoisotopic (exact) mass is 493 g/mol. The maximum absolute atomic E-state index is 5.97. The zero-order valence-corrected chi connectivity index (χ0v) is 21.6. The number of nitrogens with zero attached hydrogens (tertiary/aromatic N) is 1. The number of methoxy groups -OCH3 is 1. The van der Waals surface area contributed by atoms with Crippen molar-refractivity contribution < 1.29 is 4.74 Å². The van der Waals surface area contributed by atoms with Crippen LogP contribution in [0.3, 0.4) is 0 Å². The second kappa shape index (κ2) is 9.63. The second-order valence-corrected chi connectivity index (χ2v) is 10.4. The third kappa shape index (κ3) is 3.68. The number of ether oxygens (including phenoxy) is 1. The van der Waals surface area contributed by atoms with E-state index in [1.807, 2.05) is 0 Å². The van der Waals surface area contributed by atoms with E-state index in [9.17, 15) is 0 Å². The lowest BCUT2D eigenvalue weighted by molar-refractivity contribution is 0.0711. The Morgan fingerprint density at radius 2 is 1.00 bits per heavy atom. The molecular formula is C36H31NO. The summed E-state index contributed by atoms with van der Waals surface area (Å²) in [5.41, 5.74) is 9.58. The summed E-state index contributed by atoms with van der Waals surface area (Å²) < 4.78 is 5.97. The molecule has 0 N–H and O–H groups in total. The summed E-state index contributed by atoms with van der Waals surface area (Å²) in [4.78, 5) is 2.76. The molecule has 0 saturated heterocycles. The first kappa shape index (κ1) is 23.0. The highest BCUT2D eigenvalue weighted by Crippen LogP contribution is 2.59. The van der Waals surface area contributed by atoms with Crippen LogP contribution in [0.25, 0.3) is 0 Å². The van der Waals surface area contributed by atoms with Crippen LogP contribution in [-0.4, -0.2) is 12.0 Å². The molecule has 2 heteroatoms. The topological polar surface area (TPSA) is 12.5 Å². The summed E-state index contributed by atoms with van der Waals surface area (Å²) in [5, 5.41) is 0. The number of hydrogen-bond donors (Lipinski definition) is 0. The fourth-order valence-corrected chi connectivity index (χ4v) is 7.01. The molecule has 0 aromatic heterocycles. The Morgan fingerprint density at radius 1 is 0.500 bits per heavy atom. The SMILES string of the molecule is COc1cccc2c1CN1[C@@H](c3ccccc3)[C@@H](c3ccccc3)c3ccccc3[C@H]1[C@H]2c1ccccc1. The summed E-state index contributed by atoms with van der Waals surface area (Å²) in [5.74, 6) is 1.39. The van der Waals surface area contributed by atoms with Gasteiger partial charge in [-0.05, 0) is 39.4 Å². The van der Waals surface area contributed by atoms with Crippen LogP contribution in [0.2, 0.25) is 0 Å². The van der Waals surface area contributed by atoms with Gasteiger partial charge in [0.1, 0.15) is 5.75 Å². The summed E-state index contributed by atoms with van der Waals surface area (Å²) in [6, 6.07) is 49.3. The first-order valence-electron chi connectivity index (χ1n) is 13.5. The van der Waals surface area contributed by atoms with Gasteiger partial charge in [0, 0.05) is 36.0 Å². The van der Waals surface area contributed by atoms with Gasteiger partial charge in [0.25, 0.3) is 0 Å². The van der Waals surface area contributed by atoms with E-state index in [-0.39, 0.29) is 23.9 Å². The van der Waals surface area contributed by atoms with E-state index in [4.69, 9.17) is 4.74 Å². The molecule has 0 aliphatic carbocycles. The van der Waals surface area contributed by atoms with Gasteiger partial charge in [0.15, 0.2) is 0 Å². The first-order valence-corrected chi connectivity index (χ1v) is 13.5. The summed E-state index contributed by atoms with van der Waals surface area (Å²) >= 11 is 0. The highest BCUT2D eigenvalue weighted by atomic mass is 16.5. The zero-order valence-electron chi connectivity index (χ0n) is 21.6. The molecule has 2 heterocycles. The molecule has 2 aliphatic heterocycles. The molecule has 0 bridgehead atoms. The van der Waals surface area contributed by atoms with E-state index in [0.717, 1.165) is 12.3 Å². The Kier molecular flexibility index (Phi) is 5.83. The minimum absolute atomic E-state index is 0.183. The molecule has 0 spiro atoms. The smallest absolute Gasteiger partial charge is 0.123 e. The fraction of sp³-hybridized carbons (Fsp3) is 0.167. The number of hydrogen-bond acceptors (Lipinski definition) is 2. The lowest BCUT2D eigenvalue weighted by Gasteiger charge is -2.53. The van der Waals surface area contributed by atoms with Gasteiger partial charge < -0.3 is 4.74 Å². The zero-order chi connectivity index (χ0) is 25.5. The van der Waals surface area contributed by atoms with E-state index in [1.165, 1.54) is 38.9 Å². The van der Waals surface area contributed by atoms with Gasteiger partial charge in [-0.3, -0.25) is 4.90 Å². The van der Waals surface area contributed by atoms with Crippen molar-refractivity contribution in [3.8, 4) is 5.75 Å². The highest BCUT2D eigenvalue weighted by Gasteiger charge is 2.48. The van der Waals surface area contributed by atoms with Crippen molar-refractivity contribution in [1.29, 1.82) is 0 Å². The lowest BCUT2D eigenvalue weighted by atomic mass is 9.67. The third-order valence-electron chi connectivity index (χ3n) is 8.52. The van der Waals surface area contributed by atoms with Crippen molar-refractivity contribution in [3.63, 3.8) is 0 Å². The predicted molar refractivity (Wildman–Crippen MR) is 153 cm³/mol.